The molecule has 0 aromatic heterocycles. The summed E-state index contributed by atoms with van der Waals surface area (Å²) in [5.41, 5.74) is 1.48. The van der Waals surface area contributed by atoms with Gasteiger partial charge < -0.3 is 9.47 Å². The second-order valence-electron chi connectivity index (χ2n) is 4.38. The summed E-state index contributed by atoms with van der Waals surface area (Å²) in [7, 11) is 1.60. The first-order valence-corrected chi connectivity index (χ1v) is 6.83. The second kappa shape index (κ2) is 7.29. The SMILES string of the molecule is CCOc1c(/C=C/C(=O)c2ccccc2)cccc1OC. The molecule has 3 nitrogen and oxygen atoms in total. The number of rotatable bonds is 6. The number of carbonyl (C=O) groups excluding carboxylic acids is 1. The zero-order chi connectivity index (χ0) is 15.1. The van der Waals surface area contributed by atoms with E-state index in [1.165, 1.54) is 0 Å². The van der Waals surface area contributed by atoms with E-state index in [4.69, 9.17) is 9.47 Å². The molecule has 2 rings (SSSR count). The number of ketones is 1. The molecular weight excluding hydrogens is 264 g/mol. The Bertz CT molecular complexity index is 630. The molecule has 0 spiro atoms. The fraction of sp³-hybridized carbons (Fsp3) is 0.167. The van der Waals surface area contributed by atoms with Crippen LogP contribution >= 0.6 is 0 Å². The van der Waals surface area contributed by atoms with E-state index in [1.807, 2.05) is 43.3 Å². The first kappa shape index (κ1) is 14.9. The maximum Gasteiger partial charge on any atom is 0.185 e. The Hall–Kier alpha value is -2.55. The van der Waals surface area contributed by atoms with E-state index in [2.05, 4.69) is 0 Å². The highest BCUT2D eigenvalue weighted by molar-refractivity contribution is 6.06. The highest BCUT2D eigenvalue weighted by Gasteiger charge is 2.08. The Balaban J connectivity index is 2.26. The first-order valence-electron chi connectivity index (χ1n) is 6.83. The van der Waals surface area contributed by atoms with Crippen molar-refractivity contribution in [2.45, 2.75) is 6.92 Å². The van der Waals surface area contributed by atoms with Gasteiger partial charge in [0, 0.05) is 11.1 Å². The van der Waals surface area contributed by atoms with Crippen molar-refractivity contribution in [2.24, 2.45) is 0 Å². The molecule has 2 aromatic rings. The number of para-hydroxylation sites is 1. The lowest BCUT2D eigenvalue weighted by Gasteiger charge is -2.11. The van der Waals surface area contributed by atoms with Gasteiger partial charge in [0.2, 0.25) is 0 Å². The average Bonchev–Trinajstić information content (AvgIpc) is 2.54. The van der Waals surface area contributed by atoms with Gasteiger partial charge in [-0.25, -0.2) is 0 Å². The fourth-order valence-corrected chi connectivity index (χ4v) is 1.99. The van der Waals surface area contributed by atoms with Crippen LogP contribution in [0, 0.1) is 0 Å². The molecule has 2 aromatic carbocycles. The molecule has 3 heteroatoms. The lowest BCUT2D eigenvalue weighted by molar-refractivity contribution is 0.104. The van der Waals surface area contributed by atoms with Crippen molar-refractivity contribution < 1.29 is 14.3 Å². The molecule has 0 N–H and O–H groups in total. The smallest absolute Gasteiger partial charge is 0.185 e. The Morgan fingerprint density at radius 1 is 1.10 bits per heavy atom. The normalized spacial score (nSPS) is 10.6. The van der Waals surface area contributed by atoms with Gasteiger partial charge in [0.05, 0.1) is 13.7 Å². The van der Waals surface area contributed by atoms with Crippen molar-refractivity contribution in [1.82, 2.24) is 0 Å². The molecule has 0 saturated heterocycles. The monoisotopic (exact) mass is 282 g/mol. The number of methoxy groups -OCH3 is 1. The highest BCUT2D eigenvalue weighted by atomic mass is 16.5. The van der Waals surface area contributed by atoms with E-state index < -0.39 is 0 Å². The molecule has 0 aliphatic heterocycles. The van der Waals surface area contributed by atoms with Gasteiger partial charge in [0.1, 0.15) is 0 Å². The van der Waals surface area contributed by atoms with E-state index in [-0.39, 0.29) is 5.78 Å². The third-order valence-corrected chi connectivity index (χ3v) is 2.99. The zero-order valence-corrected chi connectivity index (χ0v) is 12.2. The number of ether oxygens (including phenoxy) is 2. The number of carbonyl (C=O) groups is 1. The maximum absolute atomic E-state index is 12.1. The molecule has 0 aliphatic rings. The largest absolute Gasteiger partial charge is 0.493 e. The molecule has 0 amide bonds. The van der Waals surface area contributed by atoms with Crippen molar-refractivity contribution in [3.8, 4) is 11.5 Å². The zero-order valence-electron chi connectivity index (χ0n) is 12.2. The average molecular weight is 282 g/mol. The Labute approximate surface area is 124 Å². The van der Waals surface area contributed by atoms with Gasteiger partial charge >= 0.3 is 0 Å². The molecule has 0 saturated carbocycles. The second-order valence-corrected chi connectivity index (χ2v) is 4.38. The lowest BCUT2D eigenvalue weighted by atomic mass is 10.1. The highest BCUT2D eigenvalue weighted by Crippen LogP contribution is 2.32. The van der Waals surface area contributed by atoms with Crippen LogP contribution in [-0.2, 0) is 0 Å². The molecule has 0 heterocycles. The summed E-state index contributed by atoms with van der Waals surface area (Å²) < 4.78 is 10.9. The summed E-state index contributed by atoms with van der Waals surface area (Å²) in [6.07, 6.45) is 3.30. The van der Waals surface area contributed by atoms with Crippen molar-refractivity contribution in [2.75, 3.05) is 13.7 Å². The molecule has 0 fully saturated rings. The summed E-state index contributed by atoms with van der Waals surface area (Å²) in [4.78, 5) is 12.1. The summed E-state index contributed by atoms with van der Waals surface area (Å²) in [5.74, 6) is 1.27. The van der Waals surface area contributed by atoms with Gasteiger partial charge in [0.25, 0.3) is 0 Å². The quantitative estimate of drug-likeness (QED) is 0.593. The Morgan fingerprint density at radius 2 is 1.86 bits per heavy atom. The Kier molecular flexibility index (Phi) is 5.16. The van der Waals surface area contributed by atoms with Crippen molar-refractivity contribution in [3.05, 3.63) is 65.7 Å². The first-order chi connectivity index (χ1) is 10.3. The van der Waals surface area contributed by atoms with Crippen LogP contribution in [0.2, 0.25) is 0 Å². The van der Waals surface area contributed by atoms with E-state index >= 15 is 0 Å². The van der Waals surface area contributed by atoms with E-state index in [0.717, 1.165) is 5.56 Å². The number of allylic oxidation sites excluding steroid dienone is 1. The molecule has 108 valence electrons. The predicted molar refractivity (Wildman–Crippen MR) is 84.0 cm³/mol. The summed E-state index contributed by atoms with van der Waals surface area (Å²) in [6, 6.07) is 14.8. The van der Waals surface area contributed by atoms with Crippen LogP contribution in [-0.4, -0.2) is 19.5 Å². The molecule has 0 radical (unpaired) electrons. The standard InChI is InChI=1S/C18H18O3/c1-3-21-18-15(10-7-11-17(18)20-2)12-13-16(19)14-8-5-4-6-9-14/h4-13H,3H2,1-2H3/b13-12+. The van der Waals surface area contributed by atoms with E-state index in [1.54, 1.807) is 31.4 Å². The van der Waals surface area contributed by atoms with E-state index in [0.29, 0.717) is 23.7 Å². The van der Waals surface area contributed by atoms with Crippen LogP contribution in [0.3, 0.4) is 0 Å². The van der Waals surface area contributed by atoms with Gasteiger partial charge in [-0.05, 0) is 25.1 Å². The maximum atomic E-state index is 12.1. The fourth-order valence-electron chi connectivity index (χ4n) is 1.99. The number of benzene rings is 2. The summed E-state index contributed by atoms with van der Waals surface area (Å²) >= 11 is 0. The minimum Gasteiger partial charge on any atom is -0.493 e. The minimum atomic E-state index is -0.0409. The number of hydrogen-bond acceptors (Lipinski definition) is 3. The Morgan fingerprint density at radius 3 is 2.52 bits per heavy atom. The minimum absolute atomic E-state index is 0.0409. The van der Waals surface area contributed by atoms with Crippen molar-refractivity contribution >= 4 is 11.9 Å². The van der Waals surface area contributed by atoms with Crippen molar-refractivity contribution in [1.29, 1.82) is 0 Å². The van der Waals surface area contributed by atoms with Crippen LogP contribution in [0.4, 0.5) is 0 Å². The lowest BCUT2D eigenvalue weighted by Crippen LogP contribution is -1.98. The van der Waals surface area contributed by atoms with Crippen LogP contribution in [0.25, 0.3) is 6.08 Å². The van der Waals surface area contributed by atoms with Crippen LogP contribution in [0.1, 0.15) is 22.8 Å². The van der Waals surface area contributed by atoms with Gasteiger partial charge in [-0.2, -0.15) is 0 Å². The third kappa shape index (κ3) is 3.72. The molecule has 0 unspecified atom stereocenters. The molecule has 0 aliphatic carbocycles. The number of hydrogen-bond donors (Lipinski definition) is 0. The van der Waals surface area contributed by atoms with Crippen LogP contribution < -0.4 is 9.47 Å². The third-order valence-electron chi connectivity index (χ3n) is 2.99. The topological polar surface area (TPSA) is 35.5 Å². The van der Waals surface area contributed by atoms with E-state index in [9.17, 15) is 4.79 Å². The molecular formula is C18H18O3. The van der Waals surface area contributed by atoms with Crippen LogP contribution in [0.5, 0.6) is 11.5 Å². The summed E-state index contributed by atoms with van der Waals surface area (Å²) in [5, 5.41) is 0. The van der Waals surface area contributed by atoms with Gasteiger partial charge in [-0.3, -0.25) is 4.79 Å². The van der Waals surface area contributed by atoms with Crippen LogP contribution in [0.15, 0.2) is 54.6 Å². The summed E-state index contributed by atoms with van der Waals surface area (Å²) in [6.45, 7) is 2.45. The van der Waals surface area contributed by atoms with Gasteiger partial charge in [0.15, 0.2) is 17.3 Å². The van der Waals surface area contributed by atoms with Gasteiger partial charge in [-0.15, -0.1) is 0 Å². The molecule has 0 atom stereocenters. The molecule has 21 heavy (non-hydrogen) atoms. The predicted octanol–water partition coefficient (Wildman–Crippen LogP) is 3.99. The van der Waals surface area contributed by atoms with Gasteiger partial charge in [-0.1, -0.05) is 42.5 Å². The van der Waals surface area contributed by atoms with Crippen molar-refractivity contribution in [3.63, 3.8) is 0 Å². The molecule has 0 bridgehead atoms.